The zero-order valence-corrected chi connectivity index (χ0v) is 14.2. The highest BCUT2D eigenvalue weighted by Crippen LogP contribution is 2.19. The first kappa shape index (κ1) is 17.9. The number of nitrogens with zero attached hydrogens (tertiary/aromatic N) is 2. The van der Waals surface area contributed by atoms with Crippen LogP contribution in [0.2, 0.25) is 0 Å². The second-order valence-corrected chi connectivity index (χ2v) is 7.57. The van der Waals surface area contributed by atoms with Gasteiger partial charge < -0.3 is 14.5 Å². The van der Waals surface area contributed by atoms with E-state index in [-0.39, 0.29) is 30.8 Å². The molecule has 2 heterocycles. The summed E-state index contributed by atoms with van der Waals surface area (Å²) in [7, 11) is -0.548. The van der Waals surface area contributed by atoms with Gasteiger partial charge in [0.15, 0.2) is 5.76 Å². The smallest absolute Gasteiger partial charge is 0.287 e. The summed E-state index contributed by atoms with van der Waals surface area (Å²) in [6.45, 7) is 1.51. The van der Waals surface area contributed by atoms with Crippen molar-refractivity contribution in [2.24, 2.45) is 0 Å². The van der Waals surface area contributed by atoms with Crippen molar-refractivity contribution in [1.29, 1.82) is 0 Å². The van der Waals surface area contributed by atoms with Crippen LogP contribution < -0.4 is 5.32 Å². The van der Waals surface area contributed by atoms with Gasteiger partial charge in [0.25, 0.3) is 16.1 Å². The van der Waals surface area contributed by atoms with Crippen molar-refractivity contribution in [2.45, 2.75) is 18.9 Å². The molecule has 1 aromatic rings. The Morgan fingerprint density at radius 1 is 1.35 bits per heavy atom. The first-order valence-electron chi connectivity index (χ1n) is 7.51. The van der Waals surface area contributed by atoms with Gasteiger partial charge in [-0.1, -0.05) is 0 Å². The van der Waals surface area contributed by atoms with Crippen molar-refractivity contribution >= 4 is 16.1 Å². The van der Waals surface area contributed by atoms with Crippen LogP contribution in [0.5, 0.6) is 0 Å². The van der Waals surface area contributed by atoms with Gasteiger partial charge in [0, 0.05) is 46.4 Å². The van der Waals surface area contributed by atoms with Crippen molar-refractivity contribution in [1.82, 2.24) is 13.9 Å². The van der Waals surface area contributed by atoms with Crippen LogP contribution in [-0.4, -0.2) is 69.4 Å². The number of carbonyl (C=O) groups is 1. The molecule has 9 heteroatoms. The first-order valence-corrected chi connectivity index (χ1v) is 8.91. The summed E-state index contributed by atoms with van der Waals surface area (Å²) in [5.41, 5.74) is 0. The van der Waals surface area contributed by atoms with E-state index >= 15 is 0 Å². The third-order valence-corrected chi connectivity index (χ3v) is 5.71. The molecule has 0 radical (unpaired) electrons. The van der Waals surface area contributed by atoms with E-state index in [0.717, 1.165) is 0 Å². The summed E-state index contributed by atoms with van der Waals surface area (Å²) in [5, 5.41) is 2.68. The molecule has 23 heavy (non-hydrogen) atoms. The van der Waals surface area contributed by atoms with E-state index in [1.807, 2.05) is 0 Å². The van der Waals surface area contributed by atoms with Crippen LogP contribution in [0.25, 0.3) is 0 Å². The minimum absolute atomic E-state index is 0.114. The van der Waals surface area contributed by atoms with Crippen molar-refractivity contribution in [3.63, 3.8) is 0 Å². The van der Waals surface area contributed by atoms with Crippen LogP contribution >= 0.6 is 0 Å². The summed E-state index contributed by atoms with van der Waals surface area (Å²) in [6, 6.07) is 3.07. The number of hydrogen-bond acceptors (Lipinski definition) is 5. The number of furan rings is 1. The fourth-order valence-electron chi connectivity index (χ4n) is 2.44. The second kappa shape index (κ2) is 7.91. The number of ether oxygens (including phenoxy) is 1. The molecule has 1 amide bonds. The molecule has 1 aliphatic rings. The minimum atomic E-state index is -3.55. The Labute approximate surface area is 136 Å². The van der Waals surface area contributed by atoms with Crippen LogP contribution in [0.15, 0.2) is 22.8 Å². The average molecular weight is 345 g/mol. The van der Waals surface area contributed by atoms with E-state index in [1.165, 1.54) is 29.0 Å². The Balaban J connectivity index is 1.98. The average Bonchev–Trinajstić information content (AvgIpc) is 3.06. The standard InChI is InChI=1S/C14H23N3O5S/c1-16(2)23(19,20)17(12-5-10-21-11-6-12)8-7-15-14(18)13-4-3-9-22-13/h3-4,9,12H,5-8,10-11H2,1-2H3,(H,15,18). The van der Waals surface area contributed by atoms with Gasteiger partial charge in [-0.2, -0.15) is 17.0 Å². The van der Waals surface area contributed by atoms with Gasteiger partial charge in [-0.3, -0.25) is 4.79 Å². The molecule has 2 rings (SSSR count). The minimum Gasteiger partial charge on any atom is -0.459 e. The fourth-order valence-corrected chi connectivity index (χ4v) is 3.77. The molecular weight excluding hydrogens is 322 g/mol. The zero-order valence-electron chi connectivity index (χ0n) is 13.4. The number of hydrogen-bond donors (Lipinski definition) is 1. The van der Waals surface area contributed by atoms with Crippen molar-refractivity contribution < 1.29 is 22.4 Å². The van der Waals surface area contributed by atoms with E-state index in [1.54, 1.807) is 12.1 Å². The Morgan fingerprint density at radius 3 is 2.61 bits per heavy atom. The SMILES string of the molecule is CN(C)S(=O)(=O)N(CCNC(=O)c1ccco1)C1CCOCC1. The van der Waals surface area contributed by atoms with Gasteiger partial charge >= 0.3 is 0 Å². The van der Waals surface area contributed by atoms with Crippen molar-refractivity contribution in [3.05, 3.63) is 24.2 Å². The van der Waals surface area contributed by atoms with Crippen LogP contribution in [0, 0.1) is 0 Å². The van der Waals surface area contributed by atoms with Crippen LogP contribution in [0.1, 0.15) is 23.4 Å². The summed E-state index contributed by atoms with van der Waals surface area (Å²) in [6.07, 6.45) is 2.72. The van der Waals surface area contributed by atoms with Crippen LogP contribution in [0.4, 0.5) is 0 Å². The Morgan fingerprint density at radius 2 is 2.04 bits per heavy atom. The van der Waals surface area contributed by atoms with E-state index in [2.05, 4.69) is 5.32 Å². The maximum Gasteiger partial charge on any atom is 0.287 e. The van der Waals surface area contributed by atoms with Gasteiger partial charge in [0.05, 0.1) is 6.26 Å². The van der Waals surface area contributed by atoms with Crippen LogP contribution in [0.3, 0.4) is 0 Å². The molecule has 0 saturated carbocycles. The predicted molar refractivity (Wildman–Crippen MR) is 84.2 cm³/mol. The quantitative estimate of drug-likeness (QED) is 0.767. The molecule has 1 aliphatic heterocycles. The maximum absolute atomic E-state index is 12.5. The Bertz CT molecular complexity index is 594. The lowest BCUT2D eigenvalue weighted by Crippen LogP contribution is -2.50. The summed E-state index contributed by atoms with van der Waals surface area (Å²) < 4.78 is 38.0. The Kier molecular flexibility index (Phi) is 6.17. The van der Waals surface area contributed by atoms with Crippen LogP contribution in [-0.2, 0) is 14.9 Å². The molecule has 0 unspecified atom stereocenters. The lowest BCUT2D eigenvalue weighted by atomic mass is 10.1. The molecule has 0 aliphatic carbocycles. The van der Waals surface area contributed by atoms with E-state index in [9.17, 15) is 13.2 Å². The first-order chi connectivity index (χ1) is 10.9. The highest BCUT2D eigenvalue weighted by atomic mass is 32.2. The van der Waals surface area contributed by atoms with Gasteiger partial charge in [0.2, 0.25) is 0 Å². The molecule has 1 aromatic heterocycles. The highest BCUT2D eigenvalue weighted by molar-refractivity contribution is 7.86. The molecule has 1 saturated heterocycles. The van der Waals surface area contributed by atoms with Crippen molar-refractivity contribution in [2.75, 3.05) is 40.4 Å². The van der Waals surface area contributed by atoms with Gasteiger partial charge in [-0.15, -0.1) is 0 Å². The third-order valence-electron chi connectivity index (χ3n) is 3.72. The molecule has 1 fully saturated rings. The largest absolute Gasteiger partial charge is 0.459 e. The van der Waals surface area contributed by atoms with Gasteiger partial charge in [-0.25, -0.2) is 0 Å². The molecule has 1 N–H and O–H groups in total. The molecule has 0 atom stereocenters. The number of amides is 1. The number of rotatable bonds is 7. The second-order valence-electron chi connectivity index (χ2n) is 5.48. The third kappa shape index (κ3) is 4.54. The molecule has 130 valence electrons. The summed E-state index contributed by atoms with van der Waals surface area (Å²) in [5.74, 6) is -0.151. The summed E-state index contributed by atoms with van der Waals surface area (Å²) >= 11 is 0. The van der Waals surface area contributed by atoms with Gasteiger partial charge in [0.1, 0.15) is 0 Å². The Hall–Kier alpha value is -1.42. The van der Waals surface area contributed by atoms with E-state index in [4.69, 9.17) is 9.15 Å². The van der Waals surface area contributed by atoms with Gasteiger partial charge in [-0.05, 0) is 25.0 Å². The molecule has 0 spiro atoms. The molecule has 0 aromatic carbocycles. The number of nitrogens with one attached hydrogen (secondary N) is 1. The number of carbonyl (C=O) groups excluding carboxylic acids is 1. The lowest BCUT2D eigenvalue weighted by Gasteiger charge is -2.34. The maximum atomic E-state index is 12.5. The van der Waals surface area contributed by atoms with Crippen molar-refractivity contribution in [3.8, 4) is 0 Å². The monoisotopic (exact) mass is 345 g/mol. The summed E-state index contributed by atoms with van der Waals surface area (Å²) in [4.78, 5) is 11.8. The molecular formula is C14H23N3O5S. The van der Waals surface area contributed by atoms with E-state index in [0.29, 0.717) is 26.1 Å². The molecule has 8 nitrogen and oxygen atoms in total. The topological polar surface area (TPSA) is 92.1 Å². The normalized spacial score (nSPS) is 16.9. The van der Waals surface area contributed by atoms with E-state index < -0.39 is 10.2 Å². The predicted octanol–water partition coefficient (Wildman–Crippen LogP) is 0.297. The molecule has 0 bridgehead atoms. The fraction of sp³-hybridized carbons (Fsp3) is 0.643. The zero-order chi connectivity index (χ0) is 16.9. The lowest BCUT2D eigenvalue weighted by molar-refractivity contribution is 0.0571. The highest BCUT2D eigenvalue weighted by Gasteiger charge is 2.32.